The summed E-state index contributed by atoms with van der Waals surface area (Å²) in [5.41, 5.74) is 1.97. The number of nitrogens with one attached hydrogen (secondary N) is 1. The molecule has 1 N–H and O–H groups in total. The zero-order chi connectivity index (χ0) is 28.9. The van der Waals surface area contributed by atoms with Gasteiger partial charge in [-0.1, -0.05) is 26.0 Å². The van der Waals surface area contributed by atoms with Crippen LogP contribution in [0.1, 0.15) is 42.3 Å². The second-order valence-electron chi connectivity index (χ2n) is 11.0. The van der Waals surface area contributed by atoms with Crippen LogP contribution in [0.5, 0.6) is 11.5 Å². The first-order valence-corrected chi connectivity index (χ1v) is 15.4. The van der Waals surface area contributed by atoms with Gasteiger partial charge in [-0.05, 0) is 41.5 Å². The molecule has 220 valence electrons. The van der Waals surface area contributed by atoms with Crippen LogP contribution in [0.25, 0.3) is 5.95 Å². The van der Waals surface area contributed by atoms with Gasteiger partial charge in [-0.15, -0.1) is 11.3 Å². The molecule has 3 aromatic heterocycles. The molecule has 1 unspecified atom stereocenters. The summed E-state index contributed by atoms with van der Waals surface area (Å²) in [6, 6.07) is 12.2. The van der Waals surface area contributed by atoms with Crippen molar-refractivity contribution < 1.29 is 14.3 Å². The molecule has 1 fully saturated rings. The predicted octanol–water partition coefficient (Wildman–Crippen LogP) is 4.06. The Morgan fingerprint density at radius 3 is 2.79 bits per heavy atom. The molecule has 4 aromatic rings. The van der Waals surface area contributed by atoms with Crippen LogP contribution in [0.4, 0.5) is 5.82 Å². The van der Waals surface area contributed by atoms with Crippen molar-refractivity contribution >= 4 is 23.1 Å². The number of ether oxygens (including phenoxy) is 2. The lowest BCUT2D eigenvalue weighted by atomic mass is 10.1. The van der Waals surface area contributed by atoms with Gasteiger partial charge in [0.15, 0.2) is 11.5 Å². The maximum absolute atomic E-state index is 13.3. The van der Waals surface area contributed by atoms with Gasteiger partial charge in [0.25, 0.3) is 0 Å². The topological polar surface area (TPSA) is 97.6 Å². The molecule has 0 bridgehead atoms. The highest BCUT2D eigenvalue weighted by molar-refractivity contribution is 7.09. The Balaban J connectivity index is 1.17. The number of imidazole rings is 1. The van der Waals surface area contributed by atoms with Crippen LogP contribution in [0, 0.1) is 0 Å². The van der Waals surface area contributed by atoms with E-state index in [1.54, 1.807) is 23.9 Å². The van der Waals surface area contributed by atoms with Gasteiger partial charge in [0.1, 0.15) is 25.4 Å². The van der Waals surface area contributed by atoms with E-state index in [9.17, 15) is 4.79 Å². The molecule has 2 aliphatic heterocycles. The highest BCUT2D eigenvalue weighted by atomic mass is 32.1. The Bertz CT molecular complexity index is 1480. The van der Waals surface area contributed by atoms with Gasteiger partial charge < -0.3 is 19.7 Å². The minimum atomic E-state index is 0.0301. The number of piperazine rings is 1. The van der Waals surface area contributed by atoms with E-state index >= 15 is 0 Å². The molecular weight excluding hydrogens is 550 g/mol. The first-order valence-electron chi connectivity index (χ1n) is 14.6. The molecule has 1 atom stereocenters. The molecule has 0 radical (unpaired) electrons. The smallest absolute Gasteiger partial charge is 0.237 e. The van der Waals surface area contributed by atoms with Crippen molar-refractivity contribution in [2.75, 3.05) is 44.3 Å². The van der Waals surface area contributed by atoms with Crippen molar-refractivity contribution in [1.29, 1.82) is 0 Å². The van der Waals surface area contributed by atoms with Crippen LogP contribution >= 0.6 is 11.3 Å². The van der Waals surface area contributed by atoms with Crippen LogP contribution < -0.4 is 19.7 Å². The minimum Gasteiger partial charge on any atom is -0.486 e. The molecule has 0 aliphatic carbocycles. The van der Waals surface area contributed by atoms with Gasteiger partial charge in [-0.25, -0.2) is 9.97 Å². The summed E-state index contributed by atoms with van der Waals surface area (Å²) in [5, 5.41) is 5.26. The van der Waals surface area contributed by atoms with Crippen molar-refractivity contribution in [3.05, 3.63) is 76.6 Å². The molecule has 6 rings (SSSR count). The molecule has 0 saturated carbocycles. The quantitative estimate of drug-likeness (QED) is 0.297. The molecule has 1 saturated heterocycles. The first-order chi connectivity index (χ1) is 20.5. The van der Waals surface area contributed by atoms with Crippen LogP contribution in [0.2, 0.25) is 0 Å². The first kappa shape index (κ1) is 28.2. The summed E-state index contributed by atoms with van der Waals surface area (Å²) in [6.07, 6.45) is 6.70. The zero-order valence-electron chi connectivity index (χ0n) is 24.1. The van der Waals surface area contributed by atoms with Crippen molar-refractivity contribution in [1.82, 2.24) is 29.7 Å². The normalized spacial score (nSPS) is 17.0. The van der Waals surface area contributed by atoms with E-state index in [0.29, 0.717) is 38.7 Å². The highest BCUT2D eigenvalue weighted by Gasteiger charge is 2.30. The Morgan fingerprint density at radius 2 is 2.00 bits per heavy atom. The fourth-order valence-electron chi connectivity index (χ4n) is 5.37. The number of hydrogen-bond acceptors (Lipinski definition) is 9. The predicted molar refractivity (Wildman–Crippen MR) is 163 cm³/mol. The van der Waals surface area contributed by atoms with Gasteiger partial charge in [-0.2, -0.15) is 4.98 Å². The van der Waals surface area contributed by atoms with E-state index in [0.717, 1.165) is 54.6 Å². The Labute approximate surface area is 250 Å². The van der Waals surface area contributed by atoms with Crippen LogP contribution in [0.15, 0.2) is 60.5 Å². The summed E-state index contributed by atoms with van der Waals surface area (Å²) < 4.78 is 13.2. The second kappa shape index (κ2) is 12.9. The fraction of sp³-hybridized carbons (Fsp3) is 0.419. The van der Waals surface area contributed by atoms with E-state index in [-0.39, 0.29) is 17.9 Å². The number of hydrogen-bond donors (Lipinski definition) is 1. The average Bonchev–Trinajstić information content (AvgIpc) is 3.74. The van der Waals surface area contributed by atoms with Crippen LogP contribution in [-0.4, -0.2) is 75.8 Å². The van der Waals surface area contributed by atoms with Gasteiger partial charge >= 0.3 is 0 Å². The number of thiophene rings is 1. The Morgan fingerprint density at radius 1 is 1.12 bits per heavy atom. The summed E-state index contributed by atoms with van der Waals surface area (Å²) in [4.78, 5) is 33.3. The molecule has 11 heteroatoms. The van der Waals surface area contributed by atoms with E-state index in [2.05, 4.69) is 57.5 Å². The maximum atomic E-state index is 13.3. The molecule has 1 amide bonds. The molecular formula is C31H37N7O3S. The SMILES string of the molecule is CC(C)c1cc(N2CCN(CCc3cccs3)C(CC(=O)NCc3ccc4c(c3)OCCO4)C2)nc(-n2ccnc2)n1. The molecule has 1 aromatic carbocycles. The summed E-state index contributed by atoms with van der Waals surface area (Å²) in [6.45, 7) is 9.13. The molecule has 10 nitrogen and oxygen atoms in total. The van der Waals surface area contributed by atoms with Crippen LogP contribution in [0.3, 0.4) is 0 Å². The standard InChI is InChI=1S/C31H37N7O3S/c1-22(2)26-18-29(35-31(34-26)38-10-8-32-21-38)37-12-11-36(9-7-25-4-3-15-42-25)24(20-37)17-30(39)33-19-23-5-6-27-28(16-23)41-14-13-40-27/h3-6,8,10,15-16,18,21-22,24H,7,9,11-14,17,19-20H2,1-2H3,(H,33,39). The number of carbonyl (C=O) groups excluding carboxylic acids is 1. The Kier molecular flexibility index (Phi) is 8.66. The second-order valence-corrected chi connectivity index (χ2v) is 12.0. The number of anilines is 1. The van der Waals surface area contributed by atoms with Gasteiger partial charge in [-0.3, -0.25) is 14.3 Å². The average molecular weight is 588 g/mol. The number of aromatic nitrogens is 4. The number of benzene rings is 1. The van der Waals surface area contributed by atoms with Crippen molar-refractivity contribution in [2.24, 2.45) is 0 Å². The summed E-state index contributed by atoms with van der Waals surface area (Å²) >= 11 is 1.78. The molecule has 2 aliphatic rings. The van der Waals surface area contributed by atoms with Crippen molar-refractivity contribution in [2.45, 2.75) is 45.2 Å². The number of nitrogens with zero attached hydrogens (tertiary/aromatic N) is 6. The monoisotopic (exact) mass is 587 g/mol. The summed E-state index contributed by atoms with van der Waals surface area (Å²) in [5.74, 6) is 3.27. The van der Waals surface area contributed by atoms with Gasteiger partial charge in [0.05, 0.1) is 5.69 Å². The van der Waals surface area contributed by atoms with E-state index < -0.39 is 0 Å². The van der Waals surface area contributed by atoms with E-state index in [4.69, 9.17) is 19.4 Å². The third kappa shape index (κ3) is 6.74. The Hall–Kier alpha value is -3.96. The largest absolute Gasteiger partial charge is 0.486 e. The number of rotatable bonds is 10. The lowest BCUT2D eigenvalue weighted by Gasteiger charge is -2.42. The lowest BCUT2D eigenvalue weighted by Crippen LogP contribution is -2.55. The minimum absolute atomic E-state index is 0.0301. The molecule has 42 heavy (non-hydrogen) atoms. The maximum Gasteiger partial charge on any atom is 0.237 e. The van der Waals surface area contributed by atoms with Crippen LogP contribution in [-0.2, 0) is 17.8 Å². The van der Waals surface area contributed by atoms with E-state index in [1.165, 1.54) is 4.88 Å². The van der Waals surface area contributed by atoms with Crippen molar-refractivity contribution in [3.8, 4) is 17.4 Å². The van der Waals surface area contributed by atoms with Gasteiger partial charge in [0, 0.05) is 68.5 Å². The highest BCUT2D eigenvalue weighted by Crippen LogP contribution is 2.31. The van der Waals surface area contributed by atoms with Crippen molar-refractivity contribution in [3.63, 3.8) is 0 Å². The zero-order valence-corrected chi connectivity index (χ0v) is 24.9. The number of amides is 1. The third-order valence-corrected chi connectivity index (χ3v) is 8.66. The fourth-order valence-corrected chi connectivity index (χ4v) is 6.07. The molecule has 5 heterocycles. The molecule has 0 spiro atoms. The number of carbonyl (C=O) groups is 1. The summed E-state index contributed by atoms with van der Waals surface area (Å²) in [7, 11) is 0. The lowest BCUT2D eigenvalue weighted by molar-refractivity contribution is -0.122. The third-order valence-electron chi connectivity index (χ3n) is 7.72. The van der Waals surface area contributed by atoms with E-state index in [1.807, 2.05) is 29.0 Å². The number of fused-ring (bicyclic) bond motifs is 1. The van der Waals surface area contributed by atoms with Gasteiger partial charge in [0.2, 0.25) is 11.9 Å².